The van der Waals surface area contributed by atoms with Gasteiger partial charge in [-0.05, 0) is 13.3 Å². The maximum absolute atomic E-state index is 5.80. The highest BCUT2D eigenvalue weighted by Crippen LogP contribution is 2.21. The Morgan fingerprint density at radius 1 is 0.864 bits per heavy atom. The molecule has 4 heteroatoms. The Labute approximate surface area is 138 Å². The predicted molar refractivity (Wildman–Crippen MR) is 94.9 cm³/mol. The number of thiophene rings is 1. The summed E-state index contributed by atoms with van der Waals surface area (Å²) in [5.41, 5.74) is 2.80. The van der Waals surface area contributed by atoms with Gasteiger partial charge in [-0.3, -0.25) is 0 Å². The third kappa shape index (κ3) is 5.56. The van der Waals surface area contributed by atoms with Crippen molar-refractivity contribution in [2.24, 2.45) is 0 Å². The standard InChI is InChI=1S/C18H28N2OS/c1-3-4-5-6-7-8-9-10-11-12-21-18-15(2)19-16-13-22-14-17(16)20-18/h13-14H,3-12H2,1-2H3. The molecule has 2 aromatic heterocycles. The van der Waals surface area contributed by atoms with Crippen LogP contribution in [-0.4, -0.2) is 16.6 Å². The summed E-state index contributed by atoms with van der Waals surface area (Å²) in [4.78, 5) is 9.06. The zero-order chi connectivity index (χ0) is 15.6. The number of aryl methyl sites for hydroxylation is 1. The van der Waals surface area contributed by atoms with Crippen LogP contribution in [0.5, 0.6) is 5.88 Å². The summed E-state index contributed by atoms with van der Waals surface area (Å²) in [6.45, 7) is 4.99. The van der Waals surface area contributed by atoms with Gasteiger partial charge in [0.2, 0.25) is 5.88 Å². The molecule has 0 aromatic carbocycles. The molecule has 0 amide bonds. The Kier molecular flexibility index (Phi) is 7.64. The fourth-order valence-electron chi connectivity index (χ4n) is 2.59. The molecule has 3 nitrogen and oxygen atoms in total. The first kappa shape index (κ1) is 17.2. The third-order valence-electron chi connectivity index (χ3n) is 3.93. The summed E-state index contributed by atoms with van der Waals surface area (Å²) in [5.74, 6) is 0.700. The molecule has 0 aliphatic carbocycles. The topological polar surface area (TPSA) is 35.0 Å². The first-order chi connectivity index (χ1) is 10.8. The molecular weight excluding hydrogens is 292 g/mol. The average molecular weight is 321 g/mol. The highest BCUT2D eigenvalue weighted by Gasteiger charge is 2.06. The zero-order valence-electron chi connectivity index (χ0n) is 13.9. The molecule has 0 atom stereocenters. The van der Waals surface area contributed by atoms with E-state index >= 15 is 0 Å². The molecule has 22 heavy (non-hydrogen) atoms. The predicted octanol–water partition coefficient (Wildman–Crippen LogP) is 5.91. The van der Waals surface area contributed by atoms with Crippen LogP contribution < -0.4 is 4.74 Å². The Morgan fingerprint density at radius 3 is 2.14 bits per heavy atom. The molecule has 0 bridgehead atoms. The van der Waals surface area contributed by atoms with Gasteiger partial charge in [-0.2, -0.15) is 0 Å². The minimum absolute atomic E-state index is 0.700. The van der Waals surface area contributed by atoms with Crippen LogP contribution in [-0.2, 0) is 0 Å². The van der Waals surface area contributed by atoms with Gasteiger partial charge in [-0.1, -0.05) is 58.3 Å². The van der Waals surface area contributed by atoms with Gasteiger partial charge >= 0.3 is 0 Å². The first-order valence-corrected chi connectivity index (χ1v) is 9.59. The van der Waals surface area contributed by atoms with Crippen LogP contribution in [0.2, 0.25) is 0 Å². The van der Waals surface area contributed by atoms with Crippen LogP contribution in [0.25, 0.3) is 11.0 Å². The van der Waals surface area contributed by atoms with E-state index in [2.05, 4.69) is 16.9 Å². The summed E-state index contributed by atoms with van der Waals surface area (Å²) in [7, 11) is 0. The molecule has 0 saturated heterocycles. The number of fused-ring (bicyclic) bond motifs is 1. The van der Waals surface area contributed by atoms with Crippen molar-refractivity contribution in [3.63, 3.8) is 0 Å². The van der Waals surface area contributed by atoms with E-state index in [-0.39, 0.29) is 0 Å². The number of aromatic nitrogens is 2. The lowest BCUT2D eigenvalue weighted by molar-refractivity contribution is 0.291. The molecule has 0 saturated carbocycles. The van der Waals surface area contributed by atoms with E-state index in [0.29, 0.717) is 5.88 Å². The van der Waals surface area contributed by atoms with Crippen molar-refractivity contribution in [1.82, 2.24) is 9.97 Å². The van der Waals surface area contributed by atoms with Gasteiger partial charge in [0, 0.05) is 10.8 Å². The number of nitrogens with zero attached hydrogens (tertiary/aromatic N) is 2. The van der Waals surface area contributed by atoms with Crippen molar-refractivity contribution < 1.29 is 4.74 Å². The van der Waals surface area contributed by atoms with Gasteiger partial charge in [0.1, 0.15) is 11.2 Å². The summed E-state index contributed by atoms with van der Waals surface area (Å²) in [6.07, 6.45) is 12.0. The molecule has 0 N–H and O–H groups in total. The first-order valence-electron chi connectivity index (χ1n) is 8.64. The maximum Gasteiger partial charge on any atom is 0.235 e. The Balaban J connectivity index is 1.57. The highest BCUT2D eigenvalue weighted by molar-refractivity contribution is 7.09. The highest BCUT2D eigenvalue weighted by atomic mass is 32.1. The fraction of sp³-hybridized carbons (Fsp3) is 0.667. The van der Waals surface area contributed by atoms with E-state index in [0.717, 1.165) is 29.8 Å². The van der Waals surface area contributed by atoms with Crippen LogP contribution in [0.4, 0.5) is 0 Å². The smallest absolute Gasteiger partial charge is 0.235 e. The molecule has 0 radical (unpaired) electrons. The van der Waals surface area contributed by atoms with E-state index < -0.39 is 0 Å². The second-order valence-electron chi connectivity index (χ2n) is 5.93. The normalized spacial score (nSPS) is 11.2. The molecule has 122 valence electrons. The molecule has 0 aliphatic rings. The Morgan fingerprint density at radius 2 is 1.45 bits per heavy atom. The number of ether oxygens (including phenoxy) is 1. The van der Waals surface area contributed by atoms with Crippen molar-refractivity contribution >= 4 is 22.4 Å². The Bertz CT molecular complexity index is 553. The van der Waals surface area contributed by atoms with Crippen LogP contribution in [0.1, 0.15) is 70.4 Å². The van der Waals surface area contributed by atoms with Gasteiger partial charge in [0.05, 0.1) is 12.1 Å². The molecule has 0 unspecified atom stereocenters. The van der Waals surface area contributed by atoms with E-state index in [4.69, 9.17) is 4.74 Å². The lowest BCUT2D eigenvalue weighted by Crippen LogP contribution is -2.02. The van der Waals surface area contributed by atoms with E-state index in [1.54, 1.807) is 11.3 Å². The van der Waals surface area contributed by atoms with Crippen molar-refractivity contribution in [2.75, 3.05) is 6.61 Å². The van der Waals surface area contributed by atoms with Crippen LogP contribution in [0.3, 0.4) is 0 Å². The maximum atomic E-state index is 5.80. The van der Waals surface area contributed by atoms with Gasteiger partial charge in [0.25, 0.3) is 0 Å². The molecule has 0 spiro atoms. The number of hydrogen-bond acceptors (Lipinski definition) is 4. The minimum Gasteiger partial charge on any atom is -0.476 e. The quantitative estimate of drug-likeness (QED) is 0.483. The number of rotatable bonds is 11. The van der Waals surface area contributed by atoms with Crippen LogP contribution >= 0.6 is 11.3 Å². The van der Waals surface area contributed by atoms with E-state index in [1.807, 2.05) is 17.7 Å². The Hall–Kier alpha value is -1.16. The lowest BCUT2D eigenvalue weighted by atomic mass is 10.1. The second-order valence-corrected chi connectivity index (χ2v) is 6.68. The van der Waals surface area contributed by atoms with Gasteiger partial charge in [-0.15, -0.1) is 11.3 Å². The van der Waals surface area contributed by atoms with Gasteiger partial charge < -0.3 is 4.74 Å². The SMILES string of the molecule is CCCCCCCCCCCOc1nc2cscc2nc1C. The molecule has 0 aliphatic heterocycles. The van der Waals surface area contributed by atoms with Crippen molar-refractivity contribution in [3.05, 3.63) is 16.5 Å². The van der Waals surface area contributed by atoms with E-state index in [9.17, 15) is 0 Å². The molecule has 0 fully saturated rings. The van der Waals surface area contributed by atoms with Crippen LogP contribution in [0.15, 0.2) is 10.8 Å². The zero-order valence-corrected chi connectivity index (χ0v) is 14.8. The molecule has 2 aromatic rings. The second kappa shape index (κ2) is 9.78. The molecule has 2 rings (SSSR count). The van der Waals surface area contributed by atoms with Crippen molar-refractivity contribution in [3.8, 4) is 5.88 Å². The lowest BCUT2D eigenvalue weighted by Gasteiger charge is -2.07. The number of hydrogen-bond donors (Lipinski definition) is 0. The minimum atomic E-state index is 0.700. The largest absolute Gasteiger partial charge is 0.476 e. The monoisotopic (exact) mass is 320 g/mol. The fourth-order valence-corrected chi connectivity index (χ4v) is 3.26. The third-order valence-corrected chi connectivity index (χ3v) is 4.65. The van der Waals surface area contributed by atoms with Gasteiger partial charge in [-0.25, -0.2) is 9.97 Å². The average Bonchev–Trinajstić information content (AvgIpc) is 2.96. The van der Waals surface area contributed by atoms with E-state index in [1.165, 1.54) is 51.4 Å². The van der Waals surface area contributed by atoms with Gasteiger partial charge in [0.15, 0.2) is 0 Å². The molecule has 2 heterocycles. The van der Waals surface area contributed by atoms with Crippen molar-refractivity contribution in [2.45, 2.75) is 71.6 Å². The number of unbranched alkanes of at least 4 members (excludes halogenated alkanes) is 8. The summed E-state index contributed by atoms with van der Waals surface area (Å²) < 4.78 is 5.80. The summed E-state index contributed by atoms with van der Waals surface area (Å²) in [5, 5.41) is 4.05. The van der Waals surface area contributed by atoms with Crippen molar-refractivity contribution in [1.29, 1.82) is 0 Å². The molecular formula is C18H28N2OS. The summed E-state index contributed by atoms with van der Waals surface area (Å²) in [6, 6.07) is 0. The van der Waals surface area contributed by atoms with Crippen LogP contribution in [0, 0.1) is 6.92 Å². The summed E-state index contributed by atoms with van der Waals surface area (Å²) >= 11 is 1.63.